The summed E-state index contributed by atoms with van der Waals surface area (Å²) in [6.07, 6.45) is 8.26. The largest absolute Gasteiger partial charge is 0.337 e. The lowest BCUT2D eigenvalue weighted by Crippen LogP contribution is -2.47. The first kappa shape index (κ1) is 18.9. The van der Waals surface area contributed by atoms with Gasteiger partial charge in [0.1, 0.15) is 0 Å². The molecule has 1 N–H and O–H groups in total. The number of likely N-dealkylation sites (tertiary alicyclic amines) is 2. The number of urea groups is 1. The third-order valence-corrected chi connectivity index (χ3v) is 6.29. The van der Waals surface area contributed by atoms with Crippen molar-refractivity contribution in [2.45, 2.75) is 43.4 Å². The lowest BCUT2D eigenvalue weighted by atomic mass is 10.0. The van der Waals surface area contributed by atoms with Gasteiger partial charge in [-0.25, -0.2) is 4.79 Å². The second-order valence-electron chi connectivity index (χ2n) is 7.07. The molecule has 2 aliphatic rings. The molecule has 6 heteroatoms. The number of thioether (sulfide) groups is 1. The van der Waals surface area contributed by atoms with Gasteiger partial charge in [0, 0.05) is 37.5 Å². The molecule has 0 bridgehead atoms. The minimum absolute atomic E-state index is 0.133. The van der Waals surface area contributed by atoms with Gasteiger partial charge in [0.15, 0.2) is 0 Å². The smallest absolute Gasteiger partial charge is 0.317 e. The molecule has 134 valence electrons. The van der Waals surface area contributed by atoms with Crippen molar-refractivity contribution in [2.75, 3.05) is 59.6 Å². The molecule has 2 aliphatic heterocycles. The summed E-state index contributed by atoms with van der Waals surface area (Å²) >= 11 is 1.90. The number of rotatable bonds is 5. The van der Waals surface area contributed by atoms with Crippen LogP contribution in [0.4, 0.5) is 4.79 Å². The molecule has 1 atom stereocenters. The van der Waals surface area contributed by atoms with E-state index in [2.05, 4.69) is 35.5 Å². The Hall–Kier alpha value is -0.460. The zero-order valence-electron chi connectivity index (χ0n) is 15.1. The van der Waals surface area contributed by atoms with Gasteiger partial charge in [-0.15, -0.1) is 0 Å². The Kier molecular flexibility index (Phi) is 7.99. The molecule has 0 aliphatic carbocycles. The van der Waals surface area contributed by atoms with Gasteiger partial charge in [-0.05, 0) is 59.1 Å². The fourth-order valence-corrected chi connectivity index (χ4v) is 4.30. The van der Waals surface area contributed by atoms with E-state index in [9.17, 15) is 4.79 Å². The van der Waals surface area contributed by atoms with Crippen molar-refractivity contribution in [1.82, 2.24) is 20.0 Å². The van der Waals surface area contributed by atoms with Gasteiger partial charge in [0.25, 0.3) is 0 Å². The summed E-state index contributed by atoms with van der Waals surface area (Å²) in [7, 11) is 4.34. The van der Waals surface area contributed by atoms with Crippen molar-refractivity contribution in [2.24, 2.45) is 0 Å². The van der Waals surface area contributed by atoms with E-state index in [1.165, 1.54) is 25.7 Å². The zero-order chi connectivity index (χ0) is 16.7. The predicted molar refractivity (Wildman–Crippen MR) is 99.3 cm³/mol. The monoisotopic (exact) mass is 342 g/mol. The van der Waals surface area contributed by atoms with Crippen molar-refractivity contribution in [3.05, 3.63) is 0 Å². The number of hydrogen-bond donors (Lipinski definition) is 1. The first-order valence-electron chi connectivity index (χ1n) is 9.04. The molecule has 2 heterocycles. The van der Waals surface area contributed by atoms with Crippen molar-refractivity contribution < 1.29 is 4.79 Å². The van der Waals surface area contributed by atoms with Gasteiger partial charge in [-0.3, -0.25) is 0 Å². The van der Waals surface area contributed by atoms with E-state index in [0.29, 0.717) is 5.25 Å². The molecule has 0 radical (unpaired) electrons. The highest BCUT2D eigenvalue weighted by atomic mass is 32.2. The van der Waals surface area contributed by atoms with Gasteiger partial charge < -0.3 is 20.0 Å². The predicted octanol–water partition coefficient (Wildman–Crippen LogP) is 1.94. The van der Waals surface area contributed by atoms with E-state index >= 15 is 0 Å². The van der Waals surface area contributed by atoms with Crippen molar-refractivity contribution in [1.29, 1.82) is 0 Å². The third kappa shape index (κ3) is 6.16. The molecule has 2 amide bonds. The van der Waals surface area contributed by atoms with Crippen molar-refractivity contribution in [3.63, 3.8) is 0 Å². The van der Waals surface area contributed by atoms with E-state index in [4.69, 9.17) is 0 Å². The number of nitrogens with zero attached hydrogens (tertiary/aromatic N) is 3. The molecule has 0 aromatic heterocycles. The molecular weight excluding hydrogens is 308 g/mol. The second-order valence-corrected chi connectivity index (χ2v) is 8.21. The van der Waals surface area contributed by atoms with Crippen LogP contribution in [0, 0.1) is 0 Å². The number of piperidine rings is 1. The van der Waals surface area contributed by atoms with E-state index in [-0.39, 0.29) is 6.03 Å². The van der Waals surface area contributed by atoms with Crippen LogP contribution in [0.15, 0.2) is 0 Å². The average molecular weight is 343 g/mol. The van der Waals surface area contributed by atoms with Gasteiger partial charge in [0.2, 0.25) is 0 Å². The summed E-state index contributed by atoms with van der Waals surface area (Å²) in [5.74, 6) is 0. The summed E-state index contributed by atoms with van der Waals surface area (Å²) in [6, 6.07) is 0.857. The quantitative estimate of drug-likeness (QED) is 0.829. The molecule has 0 saturated carbocycles. The summed E-state index contributed by atoms with van der Waals surface area (Å²) in [6.45, 7) is 5.86. The first-order chi connectivity index (χ1) is 11.1. The standard InChI is InChI=1S/C17H34N4OS/c1-19(2)15-7-11-20(12-8-15)13-9-18-17(22)21-10-5-4-6-16(14-21)23-3/h15-16H,4-14H2,1-3H3,(H,18,22)/t16-/m0/s1. The number of amides is 2. The van der Waals surface area contributed by atoms with Gasteiger partial charge in [-0.1, -0.05) is 6.42 Å². The Balaban J connectivity index is 1.64. The molecule has 5 nitrogen and oxygen atoms in total. The molecule has 0 spiro atoms. The van der Waals surface area contributed by atoms with Gasteiger partial charge in [0.05, 0.1) is 0 Å². The highest BCUT2D eigenvalue weighted by Gasteiger charge is 2.22. The van der Waals surface area contributed by atoms with E-state index in [0.717, 1.165) is 51.7 Å². The maximum atomic E-state index is 12.4. The van der Waals surface area contributed by atoms with Crippen LogP contribution in [0.25, 0.3) is 0 Å². The molecule has 0 aromatic rings. The Labute approximate surface area is 146 Å². The maximum absolute atomic E-state index is 12.4. The fraction of sp³-hybridized carbons (Fsp3) is 0.941. The van der Waals surface area contributed by atoms with Crippen LogP contribution in [0.1, 0.15) is 32.1 Å². The SMILES string of the molecule is CS[C@H]1CCCCN(C(=O)NCCN2CCC(N(C)C)CC2)C1. The van der Waals surface area contributed by atoms with Crippen LogP contribution in [0.5, 0.6) is 0 Å². The lowest BCUT2D eigenvalue weighted by Gasteiger charge is -2.35. The summed E-state index contributed by atoms with van der Waals surface area (Å²) < 4.78 is 0. The number of carbonyl (C=O) groups excluding carboxylic acids is 1. The Morgan fingerprint density at radius 1 is 1.17 bits per heavy atom. The number of nitrogens with one attached hydrogen (secondary N) is 1. The summed E-state index contributed by atoms with van der Waals surface area (Å²) in [4.78, 5) is 19.2. The topological polar surface area (TPSA) is 38.8 Å². The normalized spacial score (nSPS) is 24.7. The summed E-state index contributed by atoms with van der Waals surface area (Å²) in [5.41, 5.74) is 0. The maximum Gasteiger partial charge on any atom is 0.317 e. The highest BCUT2D eigenvalue weighted by Crippen LogP contribution is 2.20. The lowest BCUT2D eigenvalue weighted by molar-refractivity contribution is 0.144. The van der Waals surface area contributed by atoms with Crippen LogP contribution in [0.3, 0.4) is 0 Å². The average Bonchev–Trinajstić information content (AvgIpc) is 2.81. The molecule has 2 fully saturated rings. The van der Waals surface area contributed by atoms with E-state index in [1.807, 2.05) is 16.7 Å². The van der Waals surface area contributed by atoms with E-state index < -0.39 is 0 Å². The summed E-state index contributed by atoms with van der Waals surface area (Å²) in [5, 5.41) is 3.74. The van der Waals surface area contributed by atoms with Crippen molar-refractivity contribution >= 4 is 17.8 Å². The minimum Gasteiger partial charge on any atom is -0.337 e. The molecule has 2 rings (SSSR count). The van der Waals surface area contributed by atoms with Crippen molar-refractivity contribution in [3.8, 4) is 0 Å². The number of carbonyl (C=O) groups is 1. The highest BCUT2D eigenvalue weighted by molar-refractivity contribution is 7.99. The number of hydrogen-bond acceptors (Lipinski definition) is 4. The molecule has 0 aromatic carbocycles. The van der Waals surface area contributed by atoms with Crippen LogP contribution in [0.2, 0.25) is 0 Å². The fourth-order valence-electron chi connectivity index (χ4n) is 3.57. The van der Waals surface area contributed by atoms with Crippen LogP contribution < -0.4 is 5.32 Å². The zero-order valence-corrected chi connectivity index (χ0v) is 15.9. The van der Waals surface area contributed by atoms with E-state index in [1.54, 1.807) is 0 Å². The Bertz CT molecular complexity index is 359. The molecular formula is C17H34N4OS. The van der Waals surface area contributed by atoms with Crippen LogP contribution in [-0.4, -0.2) is 91.6 Å². The molecule has 0 unspecified atom stereocenters. The first-order valence-corrected chi connectivity index (χ1v) is 10.3. The Morgan fingerprint density at radius 3 is 2.57 bits per heavy atom. The Morgan fingerprint density at radius 2 is 1.91 bits per heavy atom. The van der Waals surface area contributed by atoms with Gasteiger partial charge in [-0.2, -0.15) is 11.8 Å². The second kappa shape index (κ2) is 9.74. The third-order valence-electron chi connectivity index (χ3n) is 5.24. The van der Waals surface area contributed by atoms with Crippen LogP contribution >= 0.6 is 11.8 Å². The molecule has 23 heavy (non-hydrogen) atoms. The minimum atomic E-state index is 0.133. The van der Waals surface area contributed by atoms with Gasteiger partial charge >= 0.3 is 6.03 Å². The van der Waals surface area contributed by atoms with Crippen LogP contribution in [-0.2, 0) is 0 Å². The molecule has 2 saturated heterocycles.